The lowest BCUT2D eigenvalue weighted by atomic mass is 10.1. The van der Waals surface area contributed by atoms with Crippen molar-refractivity contribution in [3.05, 3.63) is 39.9 Å². The molecular weight excluding hydrogens is 363 g/mol. The van der Waals surface area contributed by atoms with E-state index < -0.39 is 4.92 Å². The SMILES string of the molecule is COCN1N=CC(I)=N[C@@H]1c1ccc([N+](=O)[O-])cc1. The lowest BCUT2D eigenvalue weighted by Gasteiger charge is -2.28. The zero-order valence-corrected chi connectivity index (χ0v) is 12.2. The minimum absolute atomic E-state index is 0.0556. The number of aliphatic imine (C=N–C) groups is 1. The molecule has 0 amide bonds. The highest BCUT2D eigenvalue weighted by Crippen LogP contribution is 2.27. The zero-order chi connectivity index (χ0) is 13.8. The number of hydrazone groups is 1. The van der Waals surface area contributed by atoms with Gasteiger partial charge in [0.2, 0.25) is 0 Å². The molecule has 8 heteroatoms. The van der Waals surface area contributed by atoms with E-state index in [2.05, 4.69) is 32.7 Å². The molecule has 0 bridgehead atoms. The number of halogens is 1. The molecule has 1 atom stereocenters. The summed E-state index contributed by atoms with van der Waals surface area (Å²) in [6, 6.07) is 6.28. The molecule has 0 saturated heterocycles. The summed E-state index contributed by atoms with van der Waals surface area (Å²) in [6.45, 7) is 0.297. The lowest BCUT2D eigenvalue weighted by Crippen LogP contribution is -2.28. The van der Waals surface area contributed by atoms with Gasteiger partial charge < -0.3 is 4.74 Å². The molecule has 0 unspecified atom stereocenters. The first-order chi connectivity index (χ1) is 9.11. The van der Waals surface area contributed by atoms with Gasteiger partial charge in [0.05, 0.1) is 11.1 Å². The number of nitrogens with zero attached hydrogens (tertiary/aromatic N) is 4. The predicted molar refractivity (Wildman–Crippen MR) is 79.5 cm³/mol. The average molecular weight is 374 g/mol. The summed E-state index contributed by atoms with van der Waals surface area (Å²) in [5, 5.41) is 16.5. The number of non-ortho nitro benzene ring substituents is 1. The molecule has 19 heavy (non-hydrogen) atoms. The Morgan fingerprint density at radius 2 is 2.16 bits per heavy atom. The van der Waals surface area contributed by atoms with Crippen molar-refractivity contribution in [3.63, 3.8) is 0 Å². The van der Waals surface area contributed by atoms with Crippen LogP contribution in [-0.2, 0) is 4.74 Å². The third kappa shape index (κ3) is 3.26. The summed E-state index contributed by atoms with van der Waals surface area (Å²) in [6.07, 6.45) is 1.32. The normalized spacial score (nSPS) is 18.3. The fraction of sp³-hybridized carbons (Fsp3) is 0.273. The molecule has 1 aliphatic heterocycles. The number of hydrogen-bond donors (Lipinski definition) is 0. The first-order valence-electron chi connectivity index (χ1n) is 5.39. The van der Waals surface area contributed by atoms with Crippen LogP contribution in [0.2, 0.25) is 0 Å². The van der Waals surface area contributed by atoms with E-state index in [-0.39, 0.29) is 11.9 Å². The highest BCUT2D eigenvalue weighted by molar-refractivity contribution is 14.1. The van der Waals surface area contributed by atoms with Gasteiger partial charge in [0.25, 0.3) is 5.69 Å². The molecule has 0 saturated carbocycles. The van der Waals surface area contributed by atoms with E-state index in [0.717, 1.165) is 9.28 Å². The number of nitro groups is 1. The van der Waals surface area contributed by atoms with Crippen molar-refractivity contribution >= 4 is 38.2 Å². The van der Waals surface area contributed by atoms with Gasteiger partial charge in [-0.15, -0.1) is 0 Å². The molecule has 2 rings (SSSR count). The first-order valence-corrected chi connectivity index (χ1v) is 6.47. The van der Waals surface area contributed by atoms with Gasteiger partial charge in [-0.25, -0.2) is 10.0 Å². The van der Waals surface area contributed by atoms with Gasteiger partial charge in [0.1, 0.15) is 10.4 Å². The molecule has 0 N–H and O–H groups in total. The minimum atomic E-state index is -0.428. The molecule has 0 radical (unpaired) electrons. The van der Waals surface area contributed by atoms with Crippen molar-refractivity contribution < 1.29 is 9.66 Å². The second-order valence-corrected chi connectivity index (χ2v) is 4.88. The van der Waals surface area contributed by atoms with Crippen LogP contribution in [-0.4, -0.2) is 33.7 Å². The Bertz CT molecular complexity index is 529. The highest BCUT2D eigenvalue weighted by Gasteiger charge is 2.21. The Labute approximate surface area is 123 Å². The van der Waals surface area contributed by atoms with E-state index in [4.69, 9.17) is 4.74 Å². The Morgan fingerprint density at radius 1 is 1.47 bits per heavy atom. The summed E-state index contributed by atoms with van der Waals surface area (Å²) in [7, 11) is 1.58. The largest absolute Gasteiger partial charge is 0.363 e. The van der Waals surface area contributed by atoms with Crippen LogP contribution in [0.25, 0.3) is 0 Å². The van der Waals surface area contributed by atoms with Gasteiger partial charge in [-0.3, -0.25) is 10.1 Å². The number of rotatable bonds is 4. The van der Waals surface area contributed by atoms with Crippen molar-refractivity contribution in [2.45, 2.75) is 6.17 Å². The maximum absolute atomic E-state index is 10.6. The second-order valence-electron chi connectivity index (χ2n) is 3.78. The Balaban J connectivity index is 2.27. The molecule has 0 aromatic heterocycles. The fourth-order valence-corrected chi connectivity index (χ4v) is 2.04. The fourth-order valence-electron chi connectivity index (χ4n) is 1.65. The third-order valence-electron chi connectivity index (χ3n) is 2.50. The van der Waals surface area contributed by atoms with Crippen LogP contribution in [0, 0.1) is 10.1 Å². The second kappa shape index (κ2) is 6.06. The molecule has 1 heterocycles. The van der Waals surface area contributed by atoms with Gasteiger partial charge in [-0.2, -0.15) is 5.10 Å². The van der Waals surface area contributed by atoms with Crippen LogP contribution in [0.3, 0.4) is 0 Å². The predicted octanol–water partition coefficient (Wildman–Crippen LogP) is 2.33. The lowest BCUT2D eigenvalue weighted by molar-refractivity contribution is -0.384. The van der Waals surface area contributed by atoms with Gasteiger partial charge in [0.15, 0.2) is 6.17 Å². The highest BCUT2D eigenvalue weighted by atomic mass is 127. The van der Waals surface area contributed by atoms with Gasteiger partial charge in [0, 0.05) is 19.2 Å². The Hall–Kier alpha value is -1.55. The number of ether oxygens (including phenoxy) is 1. The van der Waals surface area contributed by atoms with Gasteiger partial charge >= 0.3 is 0 Å². The first kappa shape index (κ1) is 13.9. The smallest absolute Gasteiger partial charge is 0.269 e. The van der Waals surface area contributed by atoms with E-state index in [1.165, 1.54) is 12.1 Å². The van der Waals surface area contributed by atoms with E-state index in [0.29, 0.717) is 6.73 Å². The third-order valence-corrected chi connectivity index (χ3v) is 3.06. The van der Waals surface area contributed by atoms with Crippen molar-refractivity contribution in [2.24, 2.45) is 10.1 Å². The molecule has 0 spiro atoms. The standard InChI is InChI=1S/C11H11IN4O3/c1-19-7-15-11(14-10(12)6-13-15)8-2-4-9(5-3-8)16(17)18/h2-6,11H,7H2,1H3/t11-/m0/s1. The molecule has 100 valence electrons. The summed E-state index contributed by atoms with van der Waals surface area (Å²) in [5.74, 6) is 0. The maximum atomic E-state index is 10.6. The van der Waals surface area contributed by atoms with Crippen LogP contribution in [0.1, 0.15) is 11.7 Å². The monoisotopic (exact) mass is 374 g/mol. The topological polar surface area (TPSA) is 80.3 Å². The molecule has 1 aromatic rings. The van der Waals surface area contributed by atoms with E-state index in [1.54, 1.807) is 30.5 Å². The molecule has 7 nitrogen and oxygen atoms in total. The van der Waals surface area contributed by atoms with Gasteiger partial charge in [-0.05, 0) is 40.3 Å². The summed E-state index contributed by atoms with van der Waals surface area (Å²) in [4.78, 5) is 14.7. The molecular formula is C11H11IN4O3. The number of nitro benzene ring substituents is 1. The van der Waals surface area contributed by atoms with Crippen LogP contribution >= 0.6 is 22.6 Å². The summed E-state index contributed by atoms with van der Waals surface area (Å²) >= 11 is 2.08. The number of benzene rings is 1. The zero-order valence-electron chi connectivity index (χ0n) is 10.1. The number of hydrogen-bond acceptors (Lipinski definition) is 6. The Morgan fingerprint density at radius 3 is 2.74 bits per heavy atom. The van der Waals surface area contributed by atoms with Crippen LogP contribution in [0.15, 0.2) is 34.4 Å². The molecule has 0 aliphatic carbocycles. The molecule has 0 fully saturated rings. The molecule has 1 aliphatic rings. The summed E-state index contributed by atoms with van der Waals surface area (Å²) in [5.41, 5.74) is 0.883. The quantitative estimate of drug-likeness (QED) is 0.460. The summed E-state index contributed by atoms with van der Waals surface area (Å²) < 4.78 is 5.83. The van der Waals surface area contributed by atoms with E-state index >= 15 is 0 Å². The maximum Gasteiger partial charge on any atom is 0.269 e. The number of methoxy groups -OCH3 is 1. The average Bonchev–Trinajstić information content (AvgIpc) is 2.41. The van der Waals surface area contributed by atoms with Gasteiger partial charge in [-0.1, -0.05) is 0 Å². The Kier molecular flexibility index (Phi) is 4.43. The van der Waals surface area contributed by atoms with E-state index in [1.807, 2.05) is 0 Å². The van der Waals surface area contributed by atoms with Crippen molar-refractivity contribution in [1.29, 1.82) is 0 Å². The van der Waals surface area contributed by atoms with Crippen LogP contribution in [0.5, 0.6) is 0 Å². The minimum Gasteiger partial charge on any atom is -0.363 e. The van der Waals surface area contributed by atoms with Crippen LogP contribution < -0.4 is 0 Å². The van der Waals surface area contributed by atoms with Crippen LogP contribution in [0.4, 0.5) is 5.69 Å². The van der Waals surface area contributed by atoms with E-state index in [9.17, 15) is 10.1 Å². The van der Waals surface area contributed by atoms with Crippen molar-refractivity contribution in [3.8, 4) is 0 Å². The molecule has 1 aromatic carbocycles. The van der Waals surface area contributed by atoms with Crippen molar-refractivity contribution in [1.82, 2.24) is 5.01 Å². The van der Waals surface area contributed by atoms with Crippen molar-refractivity contribution in [2.75, 3.05) is 13.8 Å².